The van der Waals surface area contributed by atoms with Crippen LogP contribution in [0.25, 0.3) is 22.1 Å². The number of anilines is 1. The molecule has 1 aromatic heterocycles. The number of nitrogens with one attached hydrogen (secondary N) is 1. The van der Waals surface area contributed by atoms with Crippen LogP contribution in [-0.4, -0.2) is 5.91 Å². The summed E-state index contributed by atoms with van der Waals surface area (Å²) in [5, 5.41) is 3.94. The Morgan fingerprint density at radius 1 is 1.15 bits per heavy atom. The molecule has 0 aliphatic rings. The predicted octanol–water partition coefficient (Wildman–Crippen LogP) is 5.98. The summed E-state index contributed by atoms with van der Waals surface area (Å²) >= 11 is 5.98. The maximum Gasteiger partial charge on any atom is 0.224 e. The van der Waals surface area contributed by atoms with Gasteiger partial charge in [0.25, 0.3) is 0 Å². The van der Waals surface area contributed by atoms with Gasteiger partial charge >= 0.3 is 0 Å². The SMILES string of the molecule is CCCC(=O)Nc1ccc2c(=O)c(-c3ccc(Cl)cc3)c(C(C)C)oc2c1. The number of carbonyl (C=O) groups excluding carboxylic acids is 1. The van der Waals surface area contributed by atoms with E-state index in [4.69, 9.17) is 16.0 Å². The van der Waals surface area contributed by atoms with E-state index in [1.165, 1.54) is 0 Å². The molecule has 2 aromatic carbocycles. The molecule has 0 radical (unpaired) electrons. The second kappa shape index (κ2) is 7.97. The molecule has 0 atom stereocenters. The summed E-state index contributed by atoms with van der Waals surface area (Å²) in [6.07, 6.45) is 1.23. The lowest BCUT2D eigenvalue weighted by molar-refractivity contribution is -0.116. The zero-order valence-electron chi connectivity index (χ0n) is 15.6. The third-order valence-corrected chi connectivity index (χ3v) is 4.59. The van der Waals surface area contributed by atoms with Crippen LogP contribution in [0.5, 0.6) is 0 Å². The number of hydrogen-bond acceptors (Lipinski definition) is 3. The van der Waals surface area contributed by atoms with Crippen molar-refractivity contribution in [3.8, 4) is 11.1 Å². The fraction of sp³-hybridized carbons (Fsp3) is 0.273. The van der Waals surface area contributed by atoms with Crippen molar-refractivity contribution in [2.24, 2.45) is 0 Å². The van der Waals surface area contributed by atoms with E-state index in [2.05, 4.69) is 5.32 Å². The van der Waals surface area contributed by atoms with Gasteiger partial charge in [0.2, 0.25) is 11.3 Å². The van der Waals surface area contributed by atoms with E-state index < -0.39 is 0 Å². The van der Waals surface area contributed by atoms with Crippen molar-refractivity contribution in [2.45, 2.75) is 39.5 Å². The molecule has 0 bridgehead atoms. The predicted molar refractivity (Wildman–Crippen MR) is 111 cm³/mol. The van der Waals surface area contributed by atoms with Gasteiger partial charge in [-0.05, 0) is 36.2 Å². The zero-order chi connectivity index (χ0) is 19.6. The Balaban J connectivity index is 2.16. The highest BCUT2D eigenvalue weighted by Gasteiger charge is 2.19. The summed E-state index contributed by atoms with van der Waals surface area (Å²) in [5.41, 5.74) is 2.33. The minimum absolute atomic E-state index is 0.0196. The molecule has 1 heterocycles. The van der Waals surface area contributed by atoms with Crippen molar-refractivity contribution in [3.63, 3.8) is 0 Å². The van der Waals surface area contributed by atoms with Crippen LogP contribution in [0.3, 0.4) is 0 Å². The molecule has 4 nitrogen and oxygen atoms in total. The minimum atomic E-state index is -0.0892. The highest BCUT2D eigenvalue weighted by atomic mass is 35.5. The Morgan fingerprint density at radius 3 is 2.48 bits per heavy atom. The van der Waals surface area contributed by atoms with Crippen molar-refractivity contribution in [2.75, 3.05) is 5.32 Å². The molecule has 0 fully saturated rings. The van der Waals surface area contributed by atoms with E-state index in [0.717, 1.165) is 12.0 Å². The van der Waals surface area contributed by atoms with Crippen LogP contribution in [0.4, 0.5) is 5.69 Å². The number of amides is 1. The number of benzene rings is 2. The second-order valence-corrected chi connectivity index (χ2v) is 7.28. The lowest BCUT2D eigenvalue weighted by Crippen LogP contribution is -2.12. The summed E-state index contributed by atoms with van der Waals surface area (Å²) in [7, 11) is 0. The van der Waals surface area contributed by atoms with Crippen LogP contribution in [0, 0.1) is 0 Å². The highest BCUT2D eigenvalue weighted by molar-refractivity contribution is 6.30. The molecular weight excluding hydrogens is 362 g/mol. The largest absolute Gasteiger partial charge is 0.460 e. The van der Waals surface area contributed by atoms with Gasteiger partial charge in [0.15, 0.2) is 0 Å². The van der Waals surface area contributed by atoms with Gasteiger partial charge in [0, 0.05) is 29.1 Å². The highest BCUT2D eigenvalue weighted by Crippen LogP contribution is 2.31. The topological polar surface area (TPSA) is 59.3 Å². The molecule has 0 saturated carbocycles. The smallest absolute Gasteiger partial charge is 0.224 e. The van der Waals surface area contributed by atoms with Gasteiger partial charge < -0.3 is 9.73 Å². The van der Waals surface area contributed by atoms with Crippen molar-refractivity contribution in [3.05, 3.63) is 63.5 Å². The van der Waals surface area contributed by atoms with Crippen molar-refractivity contribution < 1.29 is 9.21 Å². The molecule has 27 heavy (non-hydrogen) atoms. The molecular formula is C22H22ClNO3. The summed E-state index contributed by atoms with van der Waals surface area (Å²) in [6, 6.07) is 12.3. The fourth-order valence-corrected chi connectivity index (χ4v) is 3.16. The number of hydrogen-bond donors (Lipinski definition) is 1. The van der Waals surface area contributed by atoms with Gasteiger partial charge in [-0.15, -0.1) is 0 Å². The Hall–Kier alpha value is -2.59. The van der Waals surface area contributed by atoms with Gasteiger partial charge in [-0.1, -0.05) is 44.5 Å². The van der Waals surface area contributed by atoms with Crippen LogP contribution in [0.1, 0.15) is 45.3 Å². The summed E-state index contributed by atoms with van der Waals surface area (Å²) in [6.45, 7) is 5.92. The maximum atomic E-state index is 13.2. The van der Waals surface area contributed by atoms with Crippen LogP contribution in [-0.2, 0) is 4.79 Å². The molecule has 1 amide bonds. The van der Waals surface area contributed by atoms with E-state index >= 15 is 0 Å². The summed E-state index contributed by atoms with van der Waals surface area (Å²) < 4.78 is 6.12. The number of rotatable bonds is 5. The molecule has 0 spiro atoms. The minimum Gasteiger partial charge on any atom is -0.460 e. The maximum absolute atomic E-state index is 13.2. The van der Waals surface area contributed by atoms with Crippen molar-refractivity contribution in [1.29, 1.82) is 0 Å². The van der Waals surface area contributed by atoms with Gasteiger partial charge in [-0.25, -0.2) is 0 Å². The molecule has 140 valence electrons. The normalized spacial score (nSPS) is 11.1. The van der Waals surface area contributed by atoms with Crippen LogP contribution in [0.15, 0.2) is 51.7 Å². The van der Waals surface area contributed by atoms with E-state index in [0.29, 0.717) is 39.4 Å². The Kier molecular flexibility index (Phi) is 5.66. The Labute approximate surface area is 163 Å². The molecule has 0 saturated heterocycles. The molecule has 5 heteroatoms. The van der Waals surface area contributed by atoms with Crippen LogP contribution >= 0.6 is 11.6 Å². The first-order valence-corrected chi connectivity index (χ1v) is 9.45. The molecule has 0 aliphatic carbocycles. The molecule has 1 N–H and O–H groups in total. The number of halogens is 1. The van der Waals surface area contributed by atoms with E-state index in [-0.39, 0.29) is 17.3 Å². The van der Waals surface area contributed by atoms with Crippen molar-refractivity contribution >= 4 is 34.2 Å². The molecule has 0 aliphatic heterocycles. The first-order valence-electron chi connectivity index (χ1n) is 9.07. The Morgan fingerprint density at radius 2 is 1.85 bits per heavy atom. The summed E-state index contributed by atoms with van der Waals surface area (Å²) in [5.74, 6) is 0.582. The number of carbonyl (C=O) groups is 1. The third kappa shape index (κ3) is 4.06. The molecule has 3 aromatic rings. The van der Waals surface area contributed by atoms with E-state index in [1.807, 2.05) is 32.9 Å². The van der Waals surface area contributed by atoms with Gasteiger partial charge in [-0.2, -0.15) is 0 Å². The molecule has 0 unspecified atom stereocenters. The average molecular weight is 384 g/mol. The third-order valence-electron chi connectivity index (χ3n) is 4.34. The van der Waals surface area contributed by atoms with Gasteiger partial charge in [0.1, 0.15) is 11.3 Å². The number of fused-ring (bicyclic) bond motifs is 1. The van der Waals surface area contributed by atoms with Crippen LogP contribution < -0.4 is 10.7 Å². The van der Waals surface area contributed by atoms with Crippen LogP contribution in [0.2, 0.25) is 5.02 Å². The second-order valence-electron chi connectivity index (χ2n) is 6.84. The monoisotopic (exact) mass is 383 g/mol. The quantitative estimate of drug-likeness (QED) is 0.589. The lowest BCUT2D eigenvalue weighted by Gasteiger charge is -2.14. The van der Waals surface area contributed by atoms with E-state index in [9.17, 15) is 9.59 Å². The first-order chi connectivity index (χ1) is 12.9. The van der Waals surface area contributed by atoms with E-state index in [1.54, 1.807) is 30.3 Å². The average Bonchev–Trinajstić information content (AvgIpc) is 2.62. The van der Waals surface area contributed by atoms with Crippen molar-refractivity contribution in [1.82, 2.24) is 0 Å². The van der Waals surface area contributed by atoms with Gasteiger partial charge in [0.05, 0.1) is 10.9 Å². The fourth-order valence-electron chi connectivity index (χ4n) is 3.04. The Bertz CT molecular complexity index is 1040. The zero-order valence-corrected chi connectivity index (χ0v) is 16.4. The standard InChI is InChI=1S/C22H22ClNO3/c1-4-5-19(25)24-16-10-11-17-18(12-16)27-22(13(2)3)20(21(17)26)14-6-8-15(23)9-7-14/h6-13H,4-5H2,1-3H3,(H,24,25). The summed E-state index contributed by atoms with van der Waals surface area (Å²) in [4.78, 5) is 25.0. The van der Waals surface area contributed by atoms with Gasteiger partial charge in [-0.3, -0.25) is 9.59 Å². The lowest BCUT2D eigenvalue weighted by atomic mass is 9.97. The molecule has 3 rings (SSSR count). The first kappa shape index (κ1) is 19.2.